The molecule has 3 atom stereocenters. The van der Waals surface area contributed by atoms with Crippen LogP contribution in [0.5, 0.6) is 5.75 Å². The zero-order chi connectivity index (χ0) is 25.7. The zero-order valence-electron chi connectivity index (χ0n) is 19.9. The van der Waals surface area contributed by atoms with E-state index < -0.39 is 18.1 Å². The Bertz CT molecular complexity index is 1290. The highest BCUT2D eigenvalue weighted by atomic mass is 35.5. The molecule has 36 heavy (non-hydrogen) atoms. The largest absolute Gasteiger partial charge is 0.497 e. The highest BCUT2D eigenvalue weighted by Gasteiger charge is 2.34. The predicted molar refractivity (Wildman–Crippen MR) is 140 cm³/mol. The van der Waals surface area contributed by atoms with Crippen LogP contribution >= 0.6 is 23.2 Å². The Hall–Kier alpha value is -2.85. The van der Waals surface area contributed by atoms with Crippen LogP contribution in [-0.2, 0) is 4.79 Å². The Morgan fingerprint density at radius 2 is 2.03 bits per heavy atom. The summed E-state index contributed by atoms with van der Waals surface area (Å²) < 4.78 is 20.7. The molecule has 1 aliphatic heterocycles. The highest BCUT2D eigenvalue weighted by Crippen LogP contribution is 2.35. The van der Waals surface area contributed by atoms with Crippen molar-refractivity contribution in [1.29, 1.82) is 0 Å². The van der Waals surface area contributed by atoms with Gasteiger partial charge in [-0.25, -0.2) is 4.39 Å². The van der Waals surface area contributed by atoms with Gasteiger partial charge in [-0.2, -0.15) is 0 Å². The van der Waals surface area contributed by atoms with E-state index in [1.807, 2.05) is 11.0 Å². The van der Waals surface area contributed by atoms with E-state index in [4.69, 9.17) is 27.9 Å². The lowest BCUT2D eigenvalue weighted by Gasteiger charge is -2.35. The maximum absolute atomic E-state index is 15.4. The number of rotatable bonds is 7. The van der Waals surface area contributed by atoms with Crippen molar-refractivity contribution in [2.24, 2.45) is 11.8 Å². The first kappa shape index (κ1) is 26.2. The van der Waals surface area contributed by atoms with Crippen LogP contribution in [0.25, 0.3) is 10.9 Å². The third kappa shape index (κ3) is 6.47. The summed E-state index contributed by atoms with van der Waals surface area (Å²) in [7, 11) is 1.57. The van der Waals surface area contributed by atoms with Gasteiger partial charge in [-0.1, -0.05) is 35.0 Å². The fourth-order valence-electron chi connectivity index (χ4n) is 4.78. The first-order chi connectivity index (χ1) is 17.3. The summed E-state index contributed by atoms with van der Waals surface area (Å²) >= 11 is 12.0. The quantitative estimate of drug-likeness (QED) is 0.358. The van der Waals surface area contributed by atoms with Crippen LogP contribution in [0.4, 0.5) is 4.39 Å². The van der Waals surface area contributed by atoms with Gasteiger partial charge in [-0.15, -0.1) is 0 Å². The molecule has 1 saturated heterocycles. The second kappa shape index (κ2) is 11.9. The van der Waals surface area contributed by atoms with Gasteiger partial charge in [0, 0.05) is 33.7 Å². The van der Waals surface area contributed by atoms with Crippen molar-refractivity contribution < 1.29 is 19.0 Å². The number of carboxylic acid groups (broad SMARTS) is 1. The van der Waals surface area contributed by atoms with Crippen LogP contribution in [0.1, 0.15) is 36.6 Å². The van der Waals surface area contributed by atoms with Gasteiger partial charge in [0.05, 0.1) is 25.1 Å². The molecule has 0 aliphatic carbocycles. The molecule has 1 aromatic heterocycles. The number of carboxylic acids is 1. The van der Waals surface area contributed by atoms with E-state index in [1.54, 1.807) is 49.7 Å². The van der Waals surface area contributed by atoms with E-state index in [0.717, 1.165) is 0 Å². The van der Waals surface area contributed by atoms with Crippen molar-refractivity contribution in [2.75, 3.05) is 26.7 Å². The molecule has 0 amide bonds. The second-order valence-corrected chi connectivity index (χ2v) is 9.89. The molecule has 1 aliphatic rings. The number of nitrogens with zero attached hydrogens (tertiary/aromatic N) is 2. The lowest BCUT2D eigenvalue weighted by atomic mass is 9.81. The molecule has 3 aromatic rings. The predicted octanol–water partition coefficient (Wildman–Crippen LogP) is 6.42. The van der Waals surface area contributed by atoms with Crippen molar-refractivity contribution in [3.63, 3.8) is 0 Å². The van der Waals surface area contributed by atoms with Crippen molar-refractivity contribution in [1.82, 2.24) is 9.88 Å². The molecule has 5 nitrogen and oxygen atoms in total. The number of likely N-dealkylation sites (tertiary alicyclic amines) is 1. The fourth-order valence-corrected chi connectivity index (χ4v) is 5.31. The number of methoxy groups -OCH3 is 1. The molecule has 0 radical (unpaired) electrons. The van der Waals surface area contributed by atoms with Crippen LogP contribution in [0.15, 0.2) is 48.7 Å². The maximum Gasteiger partial charge on any atom is 0.308 e. The molecule has 188 valence electrons. The molecule has 0 unspecified atom stereocenters. The van der Waals surface area contributed by atoms with E-state index in [1.165, 1.54) is 0 Å². The number of alkyl halides is 1. The van der Waals surface area contributed by atoms with E-state index in [0.29, 0.717) is 70.3 Å². The Morgan fingerprint density at radius 3 is 2.75 bits per heavy atom. The van der Waals surface area contributed by atoms with Gasteiger partial charge in [0.25, 0.3) is 0 Å². The van der Waals surface area contributed by atoms with Crippen LogP contribution in [0, 0.1) is 23.7 Å². The number of carbonyl (C=O) groups is 1. The highest BCUT2D eigenvalue weighted by molar-refractivity contribution is 6.34. The first-order valence-electron chi connectivity index (χ1n) is 11.8. The average Bonchev–Trinajstić information content (AvgIpc) is 2.86. The number of hydrogen-bond donors (Lipinski definition) is 1. The van der Waals surface area contributed by atoms with Crippen molar-refractivity contribution in [2.45, 2.75) is 25.4 Å². The summed E-state index contributed by atoms with van der Waals surface area (Å²) in [5.74, 6) is 5.25. The smallest absolute Gasteiger partial charge is 0.308 e. The number of benzene rings is 2. The molecule has 4 rings (SSSR count). The average molecular weight is 529 g/mol. The zero-order valence-corrected chi connectivity index (χ0v) is 21.4. The third-order valence-corrected chi connectivity index (χ3v) is 7.10. The number of fused-ring (bicyclic) bond motifs is 1. The summed E-state index contributed by atoms with van der Waals surface area (Å²) in [5, 5.41) is 11.6. The second-order valence-electron chi connectivity index (χ2n) is 9.02. The number of halogens is 3. The van der Waals surface area contributed by atoms with E-state index in [9.17, 15) is 9.90 Å². The van der Waals surface area contributed by atoms with Crippen molar-refractivity contribution >= 4 is 40.1 Å². The van der Waals surface area contributed by atoms with Crippen molar-refractivity contribution in [3.8, 4) is 17.6 Å². The van der Waals surface area contributed by atoms with Gasteiger partial charge < -0.3 is 9.84 Å². The fraction of sp³-hybridized carbons (Fsp3) is 0.357. The van der Waals surface area contributed by atoms with Gasteiger partial charge in [-0.05, 0) is 79.8 Å². The minimum atomic E-state index is -1.22. The number of hydrogen-bond acceptors (Lipinski definition) is 4. The molecule has 1 fully saturated rings. The number of pyridine rings is 1. The van der Waals surface area contributed by atoms with Crippen LogP contribution < -0.4 is 4.74 Å². The molecule has 0 bridgehead atoms. The van der Waals surface area contributed by atoms with Crippen LogP contribution in [0.3, 0.4) is 0 Å². The first-order valence-corrected chi connectivity index (χ1v) is 12.6. The minimum absolute atomic E-state index is 0.0978. The van der Waals surface area contributed by atoms with Crippen LogP contribution in [0.2, 0.25) is 10.0 Å². The summed E-state index contributed by atoms with van der Waals surface area (Å²) in [5.41, 5.74) is 1.97. The summed E-state index contributed by atoms with van der Waals surface area (Å²) in [4.78, 5) is 18.4. The van der Waals surface area contributed by atoms with Gasteiger partial charge >= 0.3 is 5.97 Å². The van der Waals surface area contributed by atoms with E-state index in [-0.39, 0.29) is 12.3 Å². The number of piperidine rings is 1. The molecular formula is C28H27Cl2FN2O3. The van der Waals surface area contributed by atoms with Crippen molar-refractivity contribution in [3.05, 3.63) is 69.8 Å². The summed E-state index contributed by atoms with van der Waals surface area (Å²) in [6, 6.07) is 12.2. The molecule has 2 heterocycles. The van der Waals surface area contributed by atoms with E-state index >= 15 is 4.39 Å². The summed E-state index contributed by atoms with van der Waals surface area (Å²) in [6.07, 6.45) is 1.81. The van der Waals surface area contributed by atoms with Gasteiger partial charge in [0.2, 0.25) is 0 Å². The molecule has 1 N–H and O–H groups in total. The van der Waals surface area contributed by atoms with Crippen LogP contribution in [-0.4, -0.2) is 47.7 Å². The maximum atomic E-state index is 15.4. The lowest BCUT2D eigenvalue weighted by molar-refractivity contribution is -0.146. The number of aliphatic carboxylic acids is 1. The Kier molecular flexibility index (Phi) is 8.68. The van der Waals surface area contributed by atoms with E-state index in [2.05, 4.69) is 16.8 Å². The normalized spacial score (nSPS) is 18.9. The molecule has 8 heteroatoms. The Labute approximate surface area is 220 Å². The summed E-state index contributed by atoms with van der Waals surface area (Å²) in [6.45, 7) is 1.54. The number of aromatic nitrogens is 1. The standard InChI is InChI=1S/C28H27Cl2FN2O3/c1-36-22-5-7-27-24(16-22)23(8-10-32-27)26(31)6-4-19-9-12-33(17-25(19)28(34)35)11-2-3-18-13-20(29)15-21(30)14-18/h5,7-8,10,13-16,19,25-26H,4,6,9,11-12,17H2,1H3,(H,34,35)/t19-,25+,26+/m1/s1. The number of ether oxygens (including phenoxy) is 1. The molecule has 0 spiro atoms. The monoisotopic (exact) mass is 528 g/mol. The Morgan fingerprint density at radius 1 is 1.25 bits per heavy atom. The van der Waals surface area contributed by atoms with Gasteiger partial charge in [0.1, 0.15) is 11.9 Å². The third-order valence-electron chi connectivity index (χ3n) is 6.67. The topological polar surface area (TPSA) is 62.7 Å². The molecule has 0 saturated carbocycles. The molecule has 2 aromatic carbocycles. The SMILES string of the molecule is COc1ccc2nccc([C@@H](F)CC[C@@H]3CCN(CC#Cc4cc(Cl)cc(Cl)c4)C[C@@H]3C(=O)O)c2c1. The Balaban J connectivity index is 1.38. The lowest BCUT2D eigenvalue weighted by Crippen LogP contribution is -2.44. The van der Waals surface area contributed by atoms with Gasteiger partial charge in [0.15, 0.2) is 0 Å². The molecular weight excluding hydrogens is 502 g/mol. The van der Waals surface area contributed by atoms with Gasteiger partial charge in [-0.3, -0.25) is 14.7 Å². The minimum Gasteiger partial charge on any atom is -0.497 e.